The molecule has 1 saturated carbocycles. The van der Waals surface area contributed by atoms with E-state index in [1.807, 2.05) is 4.90 Å². The highest BCUT2D eigenvalue weighted by Crippen LogP contribution is 2.44. The second-order valence-corrected chi connectivity index (χ2v) is 9.44. The number of hydrogen-bond donors (Lipinski definition) is 1. The van der Waals surface area contributed by atoms with Crippen molar-refractivity contribution in [3.63, 3.8) is 0 Å². The van der Waals surface area contributed by atoms with Crippen molar-refractivity contribution in [2.24, 2.45) is 5.92 Å². The molecule has 2 atom stereocenters. The number of hydrogen-bond acceptors (Lipinski definition) is 6. The highest BCUT2D eigenvalue weighted by molar-refractivity contribution is 6.38. The largest absolute Gasteiger partial charge is 0.511 e. The number of rotatable bonds is 5. The number of carbonyl (C=O) groups is 1. The van der Waals surface area contributed by atoms with Gasteiger partial charge in [0.15, 0.2) is 5.75 Å². The lowest BCUT2D eigenvalue weighted by atomic mass is 9.92. The summed E-state index contributed by atoms with van der Waals surface area (Å²) < 4.78 is 21.9. The van der Waals surface area contributed by atoms with Gasteiger partial charge in [0.2, 0.25) is 5.43 Å². The van der Waals surface area contributed by atoms with E-state index in [4.69, 9.17) is 22.0 Å². The Labute approximate surface area is 194 Å². The number of piperidine rings is 1. The second kappa shape index (κ2) is 8.50. The summed E-state index contributed by atoms with van der Waals surface area (Å²) in [5, 5.41) is 18.1. The zero-order valence-corrected chi connectivity index (χ0v) is 18.7. The Morgan fingerprint density at radius 3 is 2.82 bits per heavy atom. The maximum Gasteiger partial charge on any atom is 0.511 e. The summed E-state index contributed by atoms with van der Waals surface area (Å²) in [5.74, 6) is -0.604. The summed E-state index contributed by atoms with van der Waals surface area (Å²) in [7, 11) is 0. The Hall–Kier alpha value is -2.83. The van der Waals surface area contributed by atoms with Crippen LogP contribution in [0.25, 0.3) is 10.9 Å². The van der Waals surface area contributed by atoms with E-state index >= 15 is 4.39 Å². The van der Waals surface area contributed by atoms with Crippen LogP contribution in [0, 0.1) is 23.1 Å². The molecule has 3 heterocycles. The summed E-state index contributed by atoms with van der Waals surface area (Å²) in [6.07, 6.45) is 4.03. The van der Waals surface area contributed by atoms with Gasteiger partial charge in [-0.2, -0.15) is 5.26 Å². The number of nitrogens with zero attached hydrogens (tertiary/aromatic N) is 4. The van der Waals surface area contributed by atoms with Crippen molar-refractivity contribution in [1.29, 1.82) is 5.26 Å². The molecule has 0 bridgehead atoms. The van der Waals surface area contributed by atoms with Crippen LogP contribution in [0.4, 0.5) is 14.9 Å². The lowest BCUT2D eigenvalue weighted by Crippen LogP contribution is -2.45. The maximum absolute atomic E-state index is 15.4. The third-order valence-corrected chi connectivity index (χ3v) is 7.37. The van der Waals surface area contributed by atoms with Crippen molar-refractivity contribution in [2.75, 3.05) is 31.1 Å². The quantitative estimate of drug-likeness (QED) is 0.654. The molecule has 2 aromatic rings. The first-order chi connectivity index (χ1) is 15.9. The van der Waals surface area contributed by atoms with Crippen LogP contribution in [0.15, 0.2) is 17.1 Å². The number of anilines is 1. The third kappa shape index (κ3) is 3.91. The fourth-order valence-corrected chi connectivity index (χ4v) is 5.84. The number of likely N-dealkylation sites (tertiary alicyclic amines) is 1. The van der Waals surface area contributed by atoms with Crippen LogP contribution in [-0.2, 0) is 0 Å². The number of ether oxygens (including phenoxy) is 1. The molecular weight excluding hydrogens is 451 g/mol. The van der Waals surface area contributed by atoms with Gasteiger partial charge in [-0.25, -0.2) is 9.18 Å². The zero-order chi connectivity index (χ0) is 23.3. The first-order valence-electron chi connectivity index (χ1n) is 11.2. The van der Waals surface area contributed by atoms with Gasteiger partial charge in [0.1, 0.15) is 5.82 Å². The average Bonchev–Trinajstić information content (AvgIpc) is 3.53. The minimum Gasteiger partial charge on any atom is -0.449 e. The number of pyridine rings is 1. The Balaban J connectivity index is 1.58. The molecule has 0 radical (unpaired) electrons. The van der Waals surface area contributed by atoms with Crippen LogP contribution >= 0.6 is 11.6 Å². The Morgan fingerprint density at radius 2 is 2.12 bits per heavy atom. The molecule has 1 aromatic carbocycles. The van der Waals surface area contributed by atoms with Gasteiger partial charge in [-0.05, 0) is 44.2 Å². The van der Waals surface area contributed by atoms with Crippen molar-refractivity contribution in [1.82, 2.24) is 9.47 Å². The van der Waals surface area contributed by atoms with Gasteiger partial charge in [-0.1, -0.05) is 11.6 Å². The van der Waals surface area contributed by atoms with Gasteiger partial charge in [-0.15, -0.1) is 0 Å². The summed E-state index contributed by atoms with van der Waals surface area (Å²) in [6.45, 7) is 2.89. The van der Waals surface area contributed by atoms with Crippen molar-refractivity contribution in [3.8, 4) is 11.8 Å². The molecule has 0 spiro atoms. The van der Waals surface area contributed by atoms with Crippen molar-refractivity contribution in [3.05, 3.63) is 33.3 Å². The van der Waals surface area contributed by atoms with Crippen LogP contribution in [0.2, 0.25) is 5.02 Å². The van der Waals surface area contributed by atoms with E-state index in [9.17, 15) is 9.59 Å². The molecule has 33 heavy (non-hydrogen) atoms. The second-order valence-electron chi connectivity index (χ2n) is 9.06. The van der Waals surface area contributed by atoms with E-state index in [1.165, 1.54) is 6.20 Å². The number of aromatic nitrogens is 1. The highest BCUT2D eigenvalue weighted by Gasteiger charge is 2.40. The summed E-state index contributed by atoms with van der Waals surface area (Å²) in [6, 6.07) is 3.65. The molecule has 0 amide bonds. The predicted molar refractivity (Wildman–Crippen MR) is 121 cm³/mol. The fraction of sp³-hybridized carbons (Fsp3) is 0.522. The van der Waals surface area contributed by atoms with Gasteiger partial charge >= 0.3 is 6.16 Å². The number of benzene rings is 1. The smallest absolute Gasteiger partial charge is 0.449 e. The minimum atomic E-state index is -1.60. The molecule has 2 aliphatic heterocycles. The van der Waals surface area contributed by atoms with Crippen molar-refractivity contribution < 1.29 is 19.0 Å². The van der Waals surface area contributed by atoms with Crippen LogP contribution in [0.5, 0.6) is 5.75 Å². The molecule has 1 aliphatic carbocycles. The molecule has 8 nitrogen and oxygen atoms in total. The van der Waals surface area contributed by atoms with Gasteiger partial charge < -0.3 is 19.3 Å². The van der Waals surface area contributed by atoms with Gasteiger partial charge in [0, 0.05) is 38.1 Å². The molecule has 1 N–H and O–H groups in total. The zero-order valence-electron chi connectivity index (χ0n) is 18.0. The van der Waals surface area contributed by atoms with Crippen LogP contribution in [-0.4, -0.2) is 52.9 Å². The lowest BCUT2D eigenvalue weighted by Gasteiger charge is -2.36. The van der Waals surface area contributed by atoms with Crippen molar-refractivity contribution >= 4 is 34.3 Å². The van der Waals surface area contributed by atoms with Gasteiger partial charge in [0.05, 0.1) is 33.9 Å². The molecular formula is C23H24ClFN4O4. The fourth-order valence-electron chi connectivity index (χ4n) is 5.43. The number of nitriles is 1. The first kappa shape index (κ1) is 22.0. The molecule has 3 fully saturated rings. The normalized spacial score (nSPS) is 22.9. The molecule has 2 saturated heterocycles. The van der Waals surface area contributed by atoms with Crippen LogP contribution in [0.1, 0.15) is 38.1 Å². The highest BCUT2D eigenvalue weighted by atomic mass is 35.5. The van der Waals surface area contributed by atoms with E-state index < -0.39 is 17.4 Å². The van der Waals surface area contributed by atoms with Gasteiger partial charge in [0.25, 0.3) is 0 Å². The molecule has 174 valence electrons. The first-order valence-corrected chi connectivity index (χ1v) is 11.6. The van der Waals surface area contributed by atoms with E-state index in [0.717, 1.165) is 38.3 Å². The van der Waals surface area contributed by atoms with Crippen molar-refractivity contribution in [2.45, 2.75) is 44.2 Å². The summed E-state index contributed by atoms with van der Waals surface area (Å²) >= 11 is 6.80. The summed E-state index contributed by atoms with van der Waals surface area (Å²) in [4.78, 5) is 28.2. The minimum absolute atomic E-state index is 0.0131. The lowest BCUT2D eigenvalue weighted by molar-refractivity contribution is 0.128. The van der Waals surface area contributed by atoms with E-state index in [2.05, 4.69) is 15.7 Å². The van der Waals surface area contributed by atoms with E-state index in [-0.39, 0.29) is 33.9 Å². The molecule has 1 aromatic heterocycles. The third-order valence-electron chi connectivity index (χ3n) is 7.01. The van der Waals surface area contributed by atoms with E-state index in [0.29, 0.717) is 37.5 Å². The monoisotopic (exact) mass is 474 g/mol. The maximum atomic E-state index is 15.4. The predicted octanol–water partition coefficient (Wildman–Crippen LogP) is 4.00. The summed E-state index contributed by atoms with van der Waals surface area (Å²) in [5.41, 5.74) is -0.0107. The molecule has 3 aliphatic rings. The number of fused-ring (bicyclic) bond motifs is 2. The Bertz CT molecular complexity index is 1220. The number of carboxylic acid groups (broad SMARTS) is 1. The SMILES string of the molecule is N#CCCN1CCC[C@H]2CN(c3c(F)cc4c(=O)c(OC(=O)O)cn(C5CC5)c4c3Cl)C[C@H]21. The molecule has 10 heteroatoms. The Morgan fingerprint density at radius 1 is 1.33 bits per heavy atom. The molecule has 5 rings (SSSR count). The standard InChI is InChI=1S/C23H24ClFN4O4/c24-19-20-15(22(30)18(33-23(31)32)12-29(20)14-4-5-14)9-16(25)21(19)28-10-13-3-1-7-27(8-2-6-26)17(13)11-28/h9,12-14,17H,1-5,7-8,10-11H2,(H,31,32)/t13-,17+/m0/s1. The Kier molecular flexibility index (Phi) is 5.67. The number of halogens is 2. The average molecular weight is 475 g/mol. The van der Waals surface area contributed by atoms with Crippen LogP contribution < -0.4 is 15.1 Å². The van der Waals surface area contributed by atoms with Gasteiger partial charge in [-0.3, -0.25) is 9.69 Å². The van der Waals surface area contributed by atoms with Crippen LogP contribution in [0.3, 0.4) is 0 Å². The van der Waals surface area contributed by atoms with E-state index in [1.54, 1.807) is 4.57 Å². The molecule has 0 unspecified atom stereocenters. The topological polar surface area (TPSA) is 98.8 Å².